The Balaban J connectivity index is 2.33. The number of ether oxygens (including phenoxy) is 3. The van der Waals surface area contributed by atoms with Crippen LogP contribution in [0.15, 0.2) is 41.2 Å². The molecule has 2 aromatic rings. The molecule has 0 bridgehead atoms. The monoisotopic (exact) mass is 220 g/mol. The summed E-state index contributed by atoms with van der Waals surface area (Å²) < 4.78 is 20.9. The van der Waals surface area contributed by atoms with Crippen LogP contribution in [0.5, 0.6) is 23.0 Å². The SMILES string of the molecule is COc1cccc(Oc2ccoc2)c1OC. The fourth-order valence-corrected chi connectivity index (χ4v) is 1.38. The minimum atomic E-state index is 0.561. The lowest BCUT2D eigenvalue weighted by atomic mass is 10.3. The van der Waals surface area contributed by atoms with E-state index in [1.165, 1.54) is 6.26 Å². The molecule has 0 atom stereocenters. The van der Waals surface area contributed by atoms with Crippen LogP contribution in [-0.2, 0) is 0 Å². The first-order valence-corrected chi connectivity index (χ1v) is 4.76. The summed E-state index contributed by atoms with van der Waals surface area (Å²) in [5.41, 5.74) is 0. The average Bonchev–Trinajstić information content (AvgIpc) is 2.81. The van der Waals surface area contributed by atoms with E-state index in [4.69, 9.17) is 18.6 Å². The summed E-state index contributed by atoms with van der Waals surface area (Å²) in [4.78, 5) is 0. The van der Waals surface area contributed by atoms with Crippen molar-refractivity contribution in [1.82, 2.24) is 0 Å². The van der Waals surface area contributed by atoms with Gasteiger partial charge >= 0.3 is 0 Å². The first kappa shape index (κ1) is 10.4. The molecular formula is C12H12O4. The van der Waals surface area contributed by atoms with E-state index in [9.17, 15) is 0 Å². The first-order valence-electron chi connectivity index (χ1n) is 4.76. The molecule has 0 saturated carbocycles. The van der Waals surface area contributed by atoms with Crippen LogP contribution < -0.4 is 14.2 Å². The fourth-order valence-electron chi connectivity index (χ4n) is 1.38. The molecule has 0 radical (unpaired) electrons. The Bertz CT molecular complexity index is 448. The summed E-state index contributed by atoms with van der Waals surface area (Å²) in [5.74, 6) is 2.39. The first-order chi connectivity index (χ1) is 7.85. The van der Waals surface area contributed by atoms with E-state index >= 15 is 0 Å². The third-order valence-electron chi connectivity index (χ3n) is 2.09. The van der Waals surface area contributed by atoms with E-state index in [1.54, 1.807) is 38.7 Å². The van der Waals surface area contributed by atoms with Gasteiger partial charge in [0.15, 0.2) is 17.2 Å². The van der Waals surface area contributed by atoms with Crippen molar-refractivity contribution in [3.8, 4) is 23.0 Å². The maximum atomic E-state index is 5.58. The van der Waals surface area contributed by atoms with Crippen LogP contribution >= 0.6 is 0 Å². The van der Waals surface area contributed by atoms with Crippen LogP contribution in [0.4, 0.5) is 0 Å². The molecule has 1 aromatic heterocycles. The Labute approximate surface area is 93.4 Å². The lowest BCUT2D eigenvalue weighted by molar-refractivity contribution is 0.335. The van der Waals surface area contributed by atoms with Crippen molar-refractivity contribution >= 4 is 0 Å². The molecule has 0 N–H and O–H groups in total. The highest BCUT2D eigenvalue weighted by atomic mass is 16.5. The fraction of sp³-hybridized carbons (Fsp3) is 0.167. The Kier molecular flexibility index (Phi) is 3.00. The van der Waals surface area contributed by atoms with Crippen molar-refractivity contribution in [2.45, 2.75) is 0 Å². The minimum Gasteiger partial charge on any atom is -0.493 e. The van der Waals surface area contributed by atoms with Crippen LogP contribution in [-0.4, -0.2) is 14.2 Å². The van der Waals surface area contributed by atoms with E-state index in [1.807, 2.05) is 6.07 Å². The number of para-hydroxylation sites is 1. The van der Waals surface area contributed by atoms with Crippen molar-refractivity contribution in [2.75, 3.05) is 14.2 Å². The van der Waals surface area contributed by atoms with Gasteiger partial charge in [0.2, 0.25) is 5.75 Å². The van der Waals surface area contributed by atoms with Crippen molar-refractivity contribution in [3.05, 3.63) is 36.8 Å². The summed E-state index contributed by atoms with van der Waals surface area (Å²) in [6, 6.07) is 7.16. The normalized spacial score (nSPS) is 9.88. The zero-order valence-corrected chi connectivity index (χ0v) is 9.10. The van der Waals surface area contributed by atoms with E-state index in [2.05, 4.69) is 0 Å². The highest BCUT2D eigenvalue weighted by Crippen LogP contribution is 2.38. The third-order valence-corrected chi connectivity index (χ3v) is 2.09. The van der Waals surface area contributed by atoms with Gasteiger partial charge in [-0.1, -0.05) is 6.07 Å². The maximum Gasteiger partial charge on any atom is 0.203 e. The quantitative estimate of drug-likeness (QED) is 0.793. The van der Waals surface area contributed by atoms with Gasteiger partial charge in [-0.25, -0.2) is 0 Å². The van der Waals surface area contributed by atoms with Crippen molar-refractivity contribution in [2.24, 2.45) is 0 Å². The molecule has 2 rings (SSSR count). The number of furan rings is 1. The van der Waals surface area contributed by atoms with Crippen LogP contribution in [0.1, 0.15) is 0 Å². The Hall–Kier alpha value is -2.10. The molecule has 84 valence electrons. The molecule has 0 spiro atoms. The summed E-state index contributed by atoms with van der Waals surface area (Å²) in [6.07, 6.45) is 3.06. The standard InChI is InChI=1S/C12H12O4/c1-13-10-4-3-5-11(12(10)14-2)16-9-6-7-15-8-9/h3-8H,1-2H3. The average molecular weight is 220 g/mol. The van der Waals surface area contributed by atoms with E-state index in [0.29, 0.717) is 23.0 Å². The lowest BCUT2D eigenvalue weighted by Crippen LogP contribution is -1.93. The highest BCUT2D eigenvalue weighted by molar-refractivity contribution is 5.52. The summed E-state index contributed by atoms with van der Waals surface area (Å²) in [7, 11) is 3.15. The van der Waals surface area contributed by atoms with Gasteiger partial charge in [0.1, 0.15) is 6.26 Å². The predicted molar refractivity (Wildman–Crippen MR) is 58.3 cm³/mol. The Morgan fingerprint density at radius 1 is 1.00 bits per heavy atom. The third kappa shape index (κ3) is 1.95. The van der Waals surface area contributed by atoms with Gasteiger partial charge in [-0.2, -0.15) is 0 Å². The number of benzene rings is 1. The molecule has 1 aromatic carbocycles. The highest BCUT2D eigenvalue weighted by Gasteiger charge is 2.11. The van der Waals surface area contributed by atoms with Crippen molar-refractivity contribution in [1.29, 1.82) is 0 Å². The van der Waals surface area contributed by atoms with Gasteiger partial charge in [0, 0.05) is 6.07 Å². The molecule has 4 nitrogen and oxygen atoms in total. The second-order valence-corrected chi connectivity index (χ2v) is 3.05. The van der Waals surface area contributed by atoms with Gasteiger partial charge < -0.3 is 18.6 Å². The second-order valence-electron chi connectivity index (χ2n) is 3.05. The zero-order chi connectivity index (χ0) is 11.4. The second kappa shape index (κ2) is 4.61. The molecule has 4 heteroatoms. The molecule has 0 unspecified atom stereocenters. The molecule has 0 aliphatic carbocycles. The summed E-state index contributed by atoms with van der Waals surface area (Å²) in [6.45, 7) is 0. The Morgan fingerprint density at radius 3 is 2.44 bits per heavy atom. The van der Waals surface area contributed by atoms with Crippen LogP contribution in [0.25, 0.3) is 0 Å². The molecule has 0 amide bonds. The largest absolute Gasteiger partial charge is 0.493 e. The topological polar surface area (TPSA) is 40.8 Å². The van der Waals surface area contributed by atoms with Crippen LogP contribution in [0.2, 0.25) is 0 Å². The van der Waals surface area contributed by atoms with Gasteiger partial charge in [0.05, 0.1) is 20.5 Å². The number of methoxy groups -OCH3 is 2. The molecule has 0 saturated heterocycles. The summed E-state index contributed by atoms with van der Waals surface area (Å²) >= 11 is 0. The van der Waals surface area contributed by atoms with Crippen LogP contribution in [0.3, 0.4) is 0 Å². The Morgan fingerprint density at radius 2 is 1.81 bits per heavy atom. The van der Waals surface area contributed by atoms with E-state index in [0.717, 1.165) is 0 Å². The smallest absolute Gasteiger partial charge is 0.203 e. The van der Waals surface area contributed by atoms with Gasteiger partial charge in [-0.15, -0.1) is 0 Å². The number of rotatable bonds is 4. The van der Waals surface area contributed by atoms with Crippen LogP contribution in [0, 0.1) is 0 Å². The minimum absolute atomic E-state index is 0.561. The van der Waals surface area contributed by atoms with E-state index in [-0.39, 0.29) is 0 Å². The maximum absolute atomic E-state index is 5.58. The lowest BCUT2D eigenvalue weighted by Gasteiger charge is -2.11. The van der Waals surface area contributed by atoms with Crippen molar-refractivity contribution < 1.29 is 18.6 Å². The number of hydrogen-bond acceptors (Lipinski definition) is 4. The van der Waals surface area contributed by atoms with E-state index < -0.39 is 0 Å². The molecule has 0 fully saturated rings. The zero-order valence-electron chi connectivity index (χ0n) is 9.10. The van der Waals surface area contributed by atoms with Gasteiger partial charge in [-0.3, -0.25) is 0 Å². The molecule has 16 heavy (non-hydrogen) atoms. The molecule has 0 aliphatic rings. The van der Waals surface area contributed by atoms with Gasteiger partial charge in [0.25, 0.3) is 0 Å². The molecular weight excluding hydrogens is 208 g/mol. The molecule has 1 heterocycles. The predicted octanol–water partition coefficient (Wildman–Crippen LogP) is 3.09. The van der Waals surface area contributed by atoms with Crippen molar-refractivity contribution in [3.63, 3.8) is 0 Å². The summed E-state index contributed by atoms with van der Waals surface area (Å²) in [5, 5.41) is 0. The van der Waals surface area contributed by atoms with Gasteiger partial charge in [-0.05, 0) is 12.1 Å². The molecule has 0 aliphatic heterocycles. The number of hydrogen-bond donors (Lipinski definition) is 0.